The Hall–Kier alpha value is -3.59. The van der Waals surface area contributed by atoms with Crippen LogP contribution in [0.5, 0.6) is 5.75 Å². The zero-order valence-electron chi connectivity index (χ0n) is 22.3. The van der Waals surface area contributed by atoms with E-state index >= 15 is 0 Å². The highest BCUT2D eigenvalue weighted by Gasteiger charge is 2.48. The van der Waals surface area contributed by atoms with Crippen LogP contribution in [0.25, 0.3) is 0 Å². The first kappa shape index (κ1) is 28.0. The Morgan fingerprint density at radius 2 is 1.68 bits per heavy atom. The van der Waals surface area contributed by atoms with Crippen LogP contribution in [0.4, 0.5) is 10.5 Å². The van der Waals surface area contributed by atoms with Crippen LogP contribution in [0.1, 0.15) is 51.3 Å². The van der Waals surface area contributed by atoms with Crippen molar-refractivity contribution in [3.05, 3.63) is 59.7 Å². The van der Waals surface area contributed by atoms with Crippen LogP contribution in [-0.4, -0.2) is 59.3 Å². The van der Waals surface area contributed by atoms with E-state index < -0.39 is 42.2 Å². The van der Waals surface area contributed by atoms with Gasteiger partial charge in [-0.1, -0.05) is 36.8 Å². The van der Waals surface area contributed by atoms with E-state index in [1.807, 2.05) is 38.1 Å². The van der Waals surface area contributed by atoms with Gasteiger partial charge in [0.15, 0.2) is 0 Å². The van der Waals surface area contributed by atoms with Gasteiger partial charge in [0.25, 0.3) is 5.91 Å². The molecule has 2 aromatic carbocycles. The maximum absolute atomic E-state index is 13.8. The van der Waals surface area contributed by atoms with Crippen molar-refractivity contribution in [1.29, 1.82) is 0 Å². The van der Waals surface area contributed by atoms with E-state index in [2.05, 4.69) is 10.6 Å². The third-order valence-electron chi connectivity index (χ3n) is 6.13. The van der Waals surface area contributed by atoms with Crippen LogP contribution in [0.15, 0.2) is 48.5 Å². The van der Waals surface area contributed by atoms with E-state index in [0.29, 0.717) is 23.4 Å². The highest BCUT2D eigenvalue weighted by Crippen LogP contribution is 2.41. The molecule has 200 valence electrons. The molecule has 3 N–H and O–H groups in total. The van der Waals surface area contributed by atoms with Gasteiger partial charge in [-0.15, -0.1) is 0 Å². The van der Waals surface area contributed by atoms with Crippen molar-refractivity contribution in [2.24, 2.45) is 5.92 Å². The second kappa shape index (κ2) is 11.6. The van der Waals surface area contributed by atoms with Gasteiger partial charge >= 0.3 is 6.09 Å². The fraction of sp³-hybridized carbons (Fsp3) is 0.464. The summed E-state index contributed by atoms with van der Waals surface area (Å²) in [5.41, 5.74) is 1.40. The lowest BCUT2D eigenvalue weighted by Crippen LogP contribution is -2.54. The van der Waals surface area contributed by atoms with E-state index in [9.17, 15) is 19.5 Å². The largest absolute Gasteiger partial charge is 0.497 e. The Morgan fingerprint density at radius 3 is 2.16 bits per heavy atom. The number of amides is 3. The molecule has 3 amide bonds. The standard InChI is InChI=1S/C28H37N3O6/c1-17-7-9-19(10-8-17)24(25(33)29-20-11-13-21(36-6)14-12-20)31(23-15-18(23)2)26(34)22(16-32)30-27(35)37-28(3,4)5/h7-14,18,22-24,32H,15-16H2,1-6H3,(H,29,33)(H,30,35). The van der Waals surface area contributed by atoms with Crippen molar-refractivity contribution >= 4 is 23.6 Å². The van der Waals surface area contributed by atoms with E-state index in [1.165, 1.54) is 4.90 Å². The summed E-state index contributed by atoms with van der Waals surface area (Å²) >= 11 is 0. The van der Waals surface area contributed by atoms with Gasteiger partial charge in [-0.3, -0.25) is 9.59 Å². The molecule has 0 aromatic heterocycles. The molecule has 0 heterocycles. The summed E-state index contributed by atoms with van der Waals surface area (Å²) < 4.78 is 10.5. The number of hydrogen-bond donors (Lipinski definition) is 3. The molecule has 0 radical (unpaired) electrons. The first-order valence-corrected chi connectivity index (χ1v) is 12.4. The first-order valence-electron chi connectivity index (χ1n) is 12.4. The Morgan fingerprint density at radius 1 is 1.08 bits per heavy atom. The number of carbonyl (C=O) groups is 3. The number of ether oxygens (including phenoxy) is 2. The molecule has 1 aliphatic rings. The molecular weight excluding hydrogens is 474 g/mol. The zero-order valence-corrected chi connectivity index (χ0v) is 22.3. The van der Waals surface area contributed by atoms with Crippen molar-refractivity contribution in [2.75, 3.05) is 19.0 Å². The van der Waals surface area contributed by atoms with Crippen LogP contribution in [-0.2, 0) is 14.3 Å². The Balaban J connectivity index is 1.95. The smallest absolute Gasteiger partial charge is 0.408 e. The van der Waals surface area contributed by atoms with Gasteiger partial charge in [0.05, 0.1) is 13.7 Å². The van der Waals surface area contributed by atoms with Gasteiger partial charge in [0.2, 0.25) is 5.91 Å². The molecule has 0 saturated heterocycles. The predicted octanol–water partition coefficient (Wildman–Crippen LogP) is 3.81. The quantitative estimate of drug-likeness (QED) is 0.471. The Bertz CT molecular complexity index is 1090. The van der Waals surface area contributed by atoms with Crippen LogP contribution in [0, 0.1) is 12.8 Å². The van der Waals surface area contributed by atoms with Crippen molar-refractivity contribution in [1.82, 2.24) is 10.2 Å². The summed E-state index contributed by atoms with van der Waals surface area (Å²) in [5, 5.41) is 15.4. The van der Waals surface area contributed by atoms with Crippen molar-refractivity contribution in [3.63, 3.8) is 0 Å². The molecule has 9 nitrogen and oxygen atoms in total. The molecule has 2 aromatic rings. The van der Waals surface area contributed by atoms with E-state index in [0.717, 1.165) is 5.56 Å². The first-order chi connectivity index (χ1) is 17.4. The van der Waals surface area contributed by atoms with Gasteiger partial charge in [0, 0.05) is 11.7 Å². The maximum Gasteiger partial charge on any atom is 0.408 e. The number of aryl methyl sites for hydroxylation is 1. The zero-order chi connectivity index (χ0) is 27.3. The monoisotopic (exact) mass is 511 g/mol. The number of alkyl carbamates (subject to hydrolysis) is 1. The number of methoxy groups -OCH3 is 1. The highest BCUT2D eigenvalue weighted by atomic mass is 16.6. The lowest BCUT2D eigenvalue weighted by Gasteiger charge is -2.34. The molecule has 1 saturated carbocycles. The van der Waals surface area contributed by atoms with Gasteiger partial charge in [-0.2, -0.15) is 0 Å². The topological polar surface area (TPSA) is 117 Å². The molecule has 3 rings (SSSR count). The third kappa shape index (κ3) is 7.45. The lowest BCUT2D eigenvalue weighted by atomic mass is 10.0. The fourth-order valence-electron chi connectivity index (χ4n) is 4.06. The van der Waals surface area contributed by atoms with Crippen LogP contribution >= 0.6 is 0 Å². The average molecular weight is 512 g/mol. The number of nitrogens with zero attached hydrogens (tertiary/aromatic N) is 1. The summed E-state index contributed by atoms with van der Waals surface area (Å²) in [7, 11) is 1.56. The van der Waals surface area contributed by atoms with Crippen LogP contribution < -0.4 is 15.4 Å². The van der Waals surface area contributed by atoms with Gasteiger partial charge in [-0.25, -0.2) is 4.79 Å². The summed E-state index contributed by atoms with van der Waals surface area (Å²) in [6.45, 7) is 8.41. The number of rotatable bonds is 9. The van der Waals surface area contributed by atoms with Gasteiger partial charge in [0.1, 0.15) is 23.4 Å². The highest BCUT2D eigenvalue weighted by molar-refractivity contribution is 5.99. The second-order valence-corrected chi connectivity index (χ2v) is 10.4. The normalized spacial score (nSPS) is 18.2. The fourth-order valence-corrected chi connectivity index (χ4v) is 4.06. The van der Waals surface area contributed by atoms with E-state index in [-0.39, 0.29) is 12.0 Å². The minimum Gasteiger partial charge on any atom is -0.497 e. The van der Waals surface area contributed by atoms with Crippen molar-refractivity contribution in [2.45, 2.75) is 64.8 Å². The summed E-state index contributed by atoms with van der Waals surface area (Å²) in [6, 6.07) is 11.8. The van der Waals surface area contributed by atoms with Gasteiger partial charge in [-0.05, 0) is 69.9 Å². The lowest BCUT2D eigenvalue weighted by molar-refractivity contribution is -0.142. The second-order valence-electron chi connectivity index (χ2n) is 10.4. The number of nitrogens with one attached hydrogen (secondary N) is 2. The molecule has 0 spiro atoms. The number of hydrogen-bond acceptors (Lipinski definition) is 6. The van der Waals surface area contributed by atoms with Crippen LogP contribution in [0.3, 0.4) is 0 Å². The number of anilines is 1. The minimum atomic E-state index is -1.27. The summed E-state index contributed by atoms with van der Waals surface area (Å²) in [5.74, 6) is -0.157. The van der Waals surface area contributed by atoms with Crippen LogP contribution in [0.2, 0.25) is 0 Å². The molecule has 9 heteroatoms. The molecule has 37 heavy (non-hydrogen) atoms. The van der Waals surface area contributed by atoms with E-state index in [4.69, 9.17) is 9.47 Å². The summed E-state index contributed by atoms with van der Waals surface area (Å²) in [4.78, 5) is 41.5. The molecule has 1 aliphatic carbocycles. The number of carbonyl (C=O) groups excluding carboxylic acids is 3. The molecule has 4 unspecified atom stereocenters. The van der Waals surface area contributed by atoms with Crippen molar-refractivity contribution < 1.29 is 29.0 Å². The molecule has 0 aliphatic heterocycles. The molecule has 1 fully saturated rings. The molecule has 4 atom stereocenters. The number of aliphatic hydroxyl groups is 1. The SMILES string of the molecule is COc1ccc(NC(=O)C(c2ccc(C)cc2)N(C(=O)C(CO)NC(=O)OC(C)(C)C)C2CC2C)cc1. The van der Waals surface area contributed by atoms with Gasteiger partial charge < -0.3 is 30.1 Å². The molecule has 0 bridgehead atoms. The predicted molar refractivity (Wildman–Crippen MR) is 140 cm³/mol. The maximum atomic E-state index is 13.8. The molecular formula is C28H37N3O6. The Kier molecular flexibility index (Phi) is 8.81. The van der Waals surface area contributed by atoms with Crippen molar-refractivity contribution in [3.8, 4) is 5.75 Å². The Labute approximate surface area is 218 Å². The third-order valence-corrected chi connectivity index (χ3v) is 6.13. The average Bonchev–Trinajstić information content (AvgIpc) is 3.56. The van der Waals surface area contributed by atoms with E-state index in [1.54, 1.807) is 52.1 Å². The number of benzene rings is 2. The summed E-state index contributed by atoms with van der Waals surface area (Å²) in [6.07, 6.45) is -0.118. The number of aliphatic hydroxyl groups excluding tert-OH is 1. The minimum absolute atomic E-state index is 0.159.